The van der Waals surface area contributed by atoms with Crippen molar-refractivity contribution in [3.05, 3.63) is 93.0 Å². The van der Waals surface area contributed by atoms with Crippen molar-refractivity contribution < 1.29 is 19.0 Å². The molecule has 8 heteroatoms. The first-order valence-corrected chi connectivity index (χ1v) is 13.5. The van der Waals surface area contributed by atoms with E-state index >= 15 is 0 Å². The minimum Gasteiger partial charge on any atom is -0.493 e. The van der Waals surface area contributed by atoms with Crippen LogP contribution in [0.1, 0.15) is 47.3 Å². The van der Waals surface area contributed by atoms with Crippen LogP contribution in [0.4, 0.5) is 0 Å². The zero-order chi connectivity index (χ0) is 27.7. The Kier molecular flexibility index (Phi) is 7.87. The summed E-state index contributed by atoms with van der Waals surface area (Å²) in [6.45, 7) is 2.25. The van der Waals surface area contributed by atoms with E-state index in [0.717, 1.165) is 35.3 Å². The second kappa shape index (κ2) is 11.3. The highest BCUT2D eigenvalue weighted by Crippen LogP contribution is 2.47. The van der Waals surface area contributed by atoms with Crippen molar-refractivity contribution in [2.45, 2.75) is 25.8 Å². The van der Waals surface area contributed by atoms with Crippen LogP contribution >= 0.6 is 23.2 Å². The third-order valence-electron chi connectivity index (χ3n) is 7.31. The van der Waals surface area contributed by atoms with E-state index in [1.165, 1.54) is 21.3 Å². The van der Waals surface area contributed by atoms with Gasteiger partial charge in [0.15, 0.2) is 11.5 Å². The number of nitrogens with zero attached hydrogens (tertiary/aromatic N) is 2. The predicted octanol–water partition coefficient (Wildman–Crippen LogP) is 7.70. The zero-order valence-corrected chi connectivity index (χ0v) is 23.8. The molecule has 0 bridgehead atoms. The van der Waals surface area contributed by atoms with Gasteiger partial charge >= 0.3 is 0 Å². The van der Waals surface area contributed by atoms with E-state index < -0.39 is 0 Å². The van der Waals surface area contributed by atoms with Crippen molar-refractivity contribution in [3.8, 4) is 17.2 Å². The van der Waals surface area contributed by atoms with E-state index in [4.69, 9.17) is 42.5 Å². The second-order valence-electron chi connectivity index (χ2n) is 9.92. The zero-order valence-electron chi connectivity index (χ0n) is 22.3. The van der Waals surface area contributed by atoms with Gasteiger partial charge in [0, 0.05) is 21.5 Å². The van der Waals surface area contributed by atoms with Gasteiger partial charge in [-0.2, -0.15) is 5.10 Å². The summed E-state index contributed by atoms with van der Waals surface area (Å²) in [5.74, 6) is 1.43. The summed E-state index contributed by atoms with van der Waals surface area (Å²) >= 11 is 12.3. The van der Waals surface area contributed by atoms with Crippen LogP contribution in [0, 0.1) is 11.8 Å². The number of allylic oxidation sites excluding steroid dienone is 1. The molecule has 6 nitrogen and oxygen atoms in total. The Morgan fingerprint density at radius 3 is 2.08 bits per heavy atom. The average Bonchev–Trinajstić information content (AvgIpc) is 3.32. The third-order valence-corrected chi connectivity index (χ3v) is 7.81. The van der Waals surface area contributed by atoms with Crippen LogP contribution in [0.2, 0.25) is 10.0 Å². The maximum Gasteiger partial charge on any atom is 0.274 e. The molecule has 3 unspecified atom stereocenters. The largest absolute Gasteiger partial charge is 0.493 e. The van der Waals surface area contributed by atoms with E-state index in [-0.39, 0.29) is 17.9 Å². The molecule has 1 fully saturated rings. The van der Waals surface area contributed by atoms with Crippen LogP contribution in [0.25, 0.3) is 6.08 Å². The van der Waals surface area contributed by atoms with Crippen molar-refractivity contribution in [2.24, 2.45) is 16.9 Å². The van der Waals surface area contributed by atoms with E-state index in [9.17, 15) is 4.79 Å². The quantitative estimate of drug-likeness (QED) is 0.307. The van der Waals surface area contributed by atoms with Crippen molar-refractivity contribution in [3.63, 3.8) is 0 Å². The highest BCUT2D eigenvalue weighted by Gasteiger charge is 2.45. The highest BCUT2D eigenvalue weighted by atomic mass is 35.5. The molecule has 1 amide bonds. The number of benzene rings is 3. The van der Waals surface area contributed by atoms with Gasteiger partial charge in [0.05, 0.1) is 33.1 Å². The SMILES string of the molecule is COc1cc(C(=O)N2N=C3/C(=C\c4ccc(Cl)cc4)CC(C)CC3C2c2ccc(Cl)cc2)cc(OC)c1OC. The summed E-state index contributed by atoms with van der Waals surface area (Å²) in [7, 11) is 4.59. The minimum absolute atomic E-state index is 0.0273. The van der Waals surface area contributed by atoms with Gasteiger partial charge in [-0.3, -0.25) is 4.79 Å². The lowest BCUT2D eigenvalue weighted by atomic mass is 9.73. The number of fused-ring (bicyclic) bond motifs is 1. The highest BCUT2D eigenvalue weighted by molar-refractivity contribution is 6.30. The molecular weight excluding hydrogens is 535 g/mol. The molecule has 39 heavy (non-hydrogen) atoms. The molecule has 2 aliphatic rings. The fourth-order valence-electron chi connectivity index (χ4n) is 5.55. The summed E-state index contributed by atoms with van der Waals surface area (Å²) in [4.78, 5) is 14.2. The van der Waals surface area contributed by atoms with Gasteiger partial charge < -0.3 is 14.2 Å². The molecule has 1 saturated carbocycles. The smallest absolute Gasteiger partial charge is 0.274 e. The maximum absolute atomic E-state index is 14.2. The van der Waals surface area contributed by atoms with Crippen LogP contribution in [0.15, 0.2) is 71.3 Å². The van der Waals surface area contributed by atoms with Gasteiger partial charge in [0.2, 0.25) is 5.75 Å². The van der Waals surface area contributed by atoms with Crippen LogP contribution < -0.4 is 14.2 Å². The molecule has 0 saturated heterocycles. The summed E-state index contributed by atoms with van der Waals surface area (Å²) in [5, 5.41) is 7.95. The number of amides is 1. The first-order valence-electron chi connectivity index (χ1n) is 12.8. The number of carbonyl (C=O) groups excluding carboxylic acids is 1. The molecule has 1 aliphatic carbocycles. The molecule has 0 N–H and O–H groups in total. The molecule has 0 spiro atoms. The second-order valence-corrected chi connectivity index (χ2v) is 10.8. The van der Waals surface area contributed by atoms with Gasteiger partial charge in [-0.25, -0.2) is 5.01 Å². The molecule has 3 aromatic carbocycles. The standard InChI is InChI=1S/C31H30Cl2N2O4/c1-18-13-21(15-19-5-9-23(32)10-6-19)28-25(14-18)29(20-7-11-24(33)12-8-20)35(34-28)31(36)22-16-26(37-2)30(39-4)27(17-22)38-3/h5-12,15-18,25,29H,13-14H2,1-4H3/b21-15-. The number of halogens is 2. The molecular formula is C31H30Cl2N2O4. The topological polar surface area (TPSA) is 60.4 Å². The summed E-state index contributed by atoms with van der Waals surface area (Å²) in [6, 6.07) is 18.4. The predicted molar refractivity (Wildman–Crippen MR) is 155 cm³/mol. The Hall–Kier alpha value is -3.48. The molecule has 3 atom stereocenters. The van der Waals surface area contributed by atoms with Crippen molar-refractivity contribution in [1.82, 2.24) is 5.01 Å². The van der Waals surface area contributed by atoms with Crippen LogP contribution in [-0.4, -0.2) is 38.0 Å². The van der Waals surface area contributed by atoms with Gasteiger partial charge in [0.1, 0.15) is 0 Å². The fraction of sp³-hybridized carbons (Fsp3) is 0.290. The number of hydrazone groups is 1. The summed E-state index contributed by atoms with van der Waals surface area (Å²) in [6.07, 6.45) is 3.94. The van der Waals surface area contributed by atoms with E-state index in [1.807, 2.05) is 48.5 Å². The van der Waals surface area contributed by atoms with Crippen molar-refractivity contribution >= 4 is 40.9 Å². The number of hydrogen-bond donors (Lipinski definition) is 0. The molecule has 0 radical (unpaired) electrons. The lowest BCUT2D eigenvalue weighted by Gasteiger charge is -2.32. The molecule has 202 valence electrons. The maximum atomic E-state index is 14.2. The Labute approximate surface area is 238 Å². The van der Waals surface area contributed by atoms with Gasteiger partial charge in [-0.1, -0.05) is 54.4 Å². The van der Waals surface area contributed by atoms with Crippen LogP contribution in [0.3, 0.4) is 0 Å². The van der Waals surface area contributed by atoms with E-state index in [1.54, 1.807) is 17.1 Å². The Balaban J connectivity index is 1.62. The average molecular weight is 565 g/mol. The van der Waals surface area contributed by atoms with Gasteiger partial charge in [-0.05, 0) is 77.9 Å². The third kappa shape index (κ3) is 5.36. The normalized spacial score (nSPS) is 21.4. The fourth-order valence-corrected chi connectivity index (χ4v) is 5.80. The Morgan fingerprint density at radius 1 is 0.923 bits per heavy atom. The minimum atomic E-state index is -0.291. The number of hydrogen-bond acceptors (Lipinski definition) is 5. The summed E-state index contributed by atoms with van der Waals surface area (Å²) in [5.41, 5.74) is 4.47. The number of rotatable bonds is 6. The molecule has 0 aromatic heterocycles. The monoisotopic (exact) mass is 564 g/mol. The molecule has 1 heterocycles. The Morgan fingerprint density at radius 2 is 1.51 bits per heavy atom. The van der Waals surface area contributed by atoms with E-state index in [2.05, 4.69) is 13.0 Å². The summed E-state index contributed by atoms with van der Waals surface area (Å²) < 4.78 is 16.5. The molecule has 1 aliphatic heterocycles. The first-order chi connectivity index (χ1) is 18.8. The molecule has 5 rings (SSSR count). The van der Waals surface area contributed by atoms with Crippen molar-refractivity contribution in [1.29, 1.82) is 0 Å². The Bertz CT molecular complexity index is 1410. The lowest BCUT2D eigenvalue weighted by molar-refractivity contribution is 0.0675. The first kappa shape index (κ1) is 27.1. The van der Waals surface area contributed by atoms with Crippen LogP contribution in [-0.2, 0) is 0 Å². The lowest BCUT2D eigenvalue weighted by Crippen LogP contribution is -2.33. The van der Waals surface area contributed by atoms with Gasteiger partial charge in [-0.15, -0.1) is 0 Å². The number of ether oxygens (including phenoxy) is 3. The number of carbonyl (C=O) groups is 1. The number of methoxy groups -OCH3 is 3. The molecule has 3 aromatic rings. The van der Waals surface area contributed by atoms with Crippen LogP contribution in [0.5, 0.6) is 17.2 Å². The van der Waals surface area contributed by atoms with E-state index in [0.29, 0.717) is 38.8 Å². The van der Waals surface area contributed by atoms with Crippen molar-refractivity contribution in [2.75, 3.05) is 21.3 Å². The van der Waals surface area contributed by atoms with Gasteiger partial charge in [0.25, 0.3) is 5.91 Å².